The van der Waals surface area contributed by atoms with Crippen LogP contribution >= 0.6 is 0 Å². The van der Waals surface area contributed by atoms with Gasteiger partial charge in [-0.1, -0.05) is 48.5 Å². The second-order valence-corrected chi connectivity index (χ2v) is 7.64. The number of carbonyl (C=O) groups is 3. The van der Waals surface area contributed by atoms with E-state index >= 15 is 0 Å². The van der Waals surface area contributed by atoms with E-state index in [0.717, 1.165) is 35.9 Å². The highest BCUT2D eigenvalue weighted by Crippen LogP contribution is 2.29. The third-order valence-electron chi connectivity index (χ3n) is 5.41. The number of rotatable bonds is 9. The molecule has 1 aliphatic rings. The number of amides is 2. The summed E-state index contributed by atoms with van der Waals surface area (Å²) < 4.78 is 2.06. The Morgan fingerprint density at radius 2 is 1.87 bits per heavy atom. The summed E-state index contributed by atoms with van der Waals surface area (Å²) in [6.07, 6.45) is 4.39. The molecule has 2 aromatic carbocycles. The molecule has 1 aromatic heterocycles. The molecule has 2 amide bonds. The van der Waals surface area contributed by atoms with Crippen LogP contribution in [0.5, 0.6) is 0 Å². The van der Waals surface area contributed by atoms with Crippen molar-refractivity contribution in [3.05, 3.63) is 71.4 Å². The molecule has 0 radical (unpaired) electrons. The Balaban J connectivity index is 1.22. The third kappa shape index (κ3) is 4.83. The highest BCUT2D eigenvalue weighted by atomic mass is 16.6. The predicted octanol–water partition coefficient (Wildman–Crippen LogP) is 2.91. The monoisotopic (exact) mass is 419 g/mol. The molecule has 2 N–H and O–H groups in total. The van der Waals surface area contributed by atoms with Crippen molar-refractivity contribution in [3.8, 4) is 0 Å². The standard InChI is InChI=1S/C24H25N3O4/c28-21(26-31-16-17-7-2-1-3-8-17)12-5-13-25-24(30)23(29)20-15-27-14-6-10-18-9-4-11-19(20)22(18)27/h1-4,7-9,11,15H,5-6,10,12-14,16H2,(H,25,30)(H,26,28). The fourth-order valence-corrected chi connectivity index (χ4v) is 3.92. The van der Waals surface area contributed by atoms with Crippen LogP contribution in [0.3, 0.4) is 0 Å². The molecule has 3 aromatic rings. The van der Waals surface area contributed by atoms with Gasteiger partial charge >= 0.3 is 0 Å². The summed E-state index contributed by atoms with van der Waals surface area (Å²) in [6, 6.07) is 15.4. The molecule has 0 saturated heterocycles. The number of para-hydroxylation sites is 1. The Hall–Kier alpha value is -3.45. The number of nitrogens with zero attached hydrogens (tertiary/aromatic N) is 1. The average molecular weight is 419 g/mol. The maximum absolute atomic E-state index is 12.7. The Labute approximate surface area is 180 Å². The Morgan fingerprint density at radius 3 is 2.71 bits per heavy atom. The van der Waals surface area contributed by atoms with Crippen molar-refractivity contribution in [2.75, 3.05) is 6.54 Å². The molecule has 0 bridgehead atoms. The summed E-state index contributed by atoms with van der Waals surface area (Å²) in [6.45, 7) is 1.37. The lowest BCUT2D eigenvalue weighted by Crippen LogP contribution is -2.32. The molecule has 0 unspecified atom stereocenters. The van der Waals surface area contributed by atoms with Gasteiger partial charge in [-0.15, -0.1) is 0 Å². The van der Waals surface area contributed by atoms with Gasteiger partial charge in [-0.05, 0) is 30.4 Å². The molecule has 0 atom stereocenters. The minimum absolute atomic E-state index is 0.186. The molecule has 0 saturated carbocycles. The van der Waals surface area contributed by atoms with Gasteiger partial charge in [-0.25, -0.2) is 5.48 Å². The maximum Gasteiger partial charge on any atom is 0.292 e. The quantitative estimate of drug-likeness (QED) is 0.242. The zero-order valence-corrected chi connectivity index (χ0v) is 17.2. The van der Waals surface area contributed by atoms with Gasteiger partial charge in [0.2, 0.25) is 5.91 Å². The maximum atomic E-state index is 12.7. The zero-order valence-electron chi connectivity index (χ0n) is 17.2. The number of carbonyl (C=O) groups excluding carboxylic acids is 3. The Morgan fingerprint density at radius 1 is 1.03 bits per heavy atom. The molecule has 0 spiro atoms. The lowest BCUT2D eigenvalue weighted by Gasteiger charge is -2.14. The molecular formula is C24H25N3O4. The summed E-state index contributed by atoms with van der Waals surface area (Å²) >= 11 is 0. The van der Waals surface area contributed by atoms with E-state index in [1.54, 1.807) is 6.20 Å². The van der Waals surface area contributed by atoms with Crippen LogP contribution in [0.2, 0.25) is 0 Å². The van der Waals surface area contributed by atoms with E-state index in [9.17, 15) is 14.4 Å². The first-order valence-electron chi connectivity index (χ1n) is 10.5. The van der Waals surface area contributed by atoms with Gasteiger partial charge < -0.3 is 9.88 Å². The number of ketones is 1. The molecule has 0 fully saturated rings. The molecule has 7 heteroatoms. The molecule has 0 aliphatic carbocycles. The van der Waals surface area contributed by atoms with Crippen LogP contribution in [0.25, 0.3) is 10.9 Å². The lowest BCUT2D eigenvalue weighted by molar-refractivity contribution is -0.134. The number of hydroxylamine groups is 1. The molecular weight excluding hydrogens is 394 g/mol. The fraction of sp³-hybridized carbons (Fsp3) is 0.292. The van der Waals surface area contributed by atoms with E-state index in [1.165, 1.54) is 5.56 Å². The van der Waals surface area contributed by atoms with Crippen molar-refractivity contribution in [2.24, 2.45) is 0 Å². The highest BCUT2D eigenvalue weighted by Gasteiger charge is 2.23. The van der Waals surface area contributed by atoms with Crippen LogP contribution in [-0.4, -0.2) is 28.7 Å². The second-order valence-electron chi connectivity index (χ2n) is 7.64. The average Bonchev–Trinajstić information content (AvgIpc) is 3.17. The van der Waals surface area contributed by atoms with Gasteiger partial charge in [-0.3, -0.25) is 19.2 Å². The number of hydrogen-bond acceptors (Lipinski definition) is 4. The van der Waals surface area contributed by atoms with E-state index in [1.807, 2.05) is 42.5 Å². The van der Waals surface area contributed by atoms with Gasteiger partial charge in [-0.2, -0.15) is 0 Å². The fourth-order valence-electron chi connectivity index (χ4n) is 3.92. The molecule has 1 aliphatic heterocycles. The van der Waals surface area contributed by atoms with E-state index in [4.69, 9.17) is 4.84 Å². The summed E-state index contributed by atoms with van der Waals surface area (Å²) in [5.41, 5.74) is 6.04. The number of aromatic nitrogens is 1. The number of Topliss-reactive ketones (excluding diaryl/α,β-unsaturated/α-hetero) is 1. The molecule has 31 heavy (non-hydrogen) atoms. The van der Waals surface area contributed by atoms with Crippen molar-refractivity contribution in [2.45, 2.75) is 38.8 Å². The van der Waals surface area contributed by atoms with Crippen LogP contribution in [0, 0.1) is 0 Å². The van der Waals surface area contributed by atoms with Crippen LogP contribution in [0.1, 0.15) is 40.7 Å². The van der Waals surface area contributed by atoms with E-state index in [2.05, 4.69) is 21.4 Å². The zero-order chi connectivity index (χ0) is 21.6. The first kappa shape index (κ1) is 20.8. The van der Waals surface area contributed by atoms with Crippen LogP contribution in [-0.2, 0) is 34.0 Å². The van der Waals surface area contributed by atoms with E-state index < -0.39 is 11.7 Å². The van der Waals surface area contributed by atoms with Gasteiger partial charge in [0.1, 0.15) is 0 Å². The topological polar surface area (TPSA) is 89.4 Å². The molecule has 4 rings (SSSR count). The predicted molar refractivity (Wildman–Crippen MR) is 116 cm³/mol. The van der Waals surface area contributed by atoms with E-state index in [0.29, 0.717) is 12.0 Å². The first-order valence-corrected chi connectivity index (χ1v) is 10.5. The van der Waals surface area contributed by atoms with E-state index in [-0.39, 0.29) is 25.5 Å². The van der Waals surface area contributed by atoms with Gasteiger partial charge in [0.05, 0.1) is 17.7 Å². The van der Waals surface area contributed by atoms with Crippen LogP contribution in [0.4, 0.5) is 0 Å². The number of benzene rings is 2. The van der Waals surface area contributed by atoms with Gasteiger partial charge in [0.25, 0.3) is 11.7 Å². The summed E-state index contributed by atoms with van der Waals surface area (Å²) in [5, 5.41) is 3.45. The smallest absolute Gasteiger partial charge is 0.292 e. The van der Waals surface area contributed by atoms with Crippen LogP contribution < -0.4 is 10.8 Å². The van der Waals surface area contributed by atoms with Crippen molar-refractivity contribution >= 4 is 28.5 Å². The molecule has 160 valence electrons. The van der Waals surface area contributed by atoms with Gasteiger partial charge in [0, 0.05) is 31.1 Å². The Kier molecular flexibility index (Phi) is 6.43. The number of hydrogen-bond donors (Lipinski definition) is 2. The summed E-state index contributed by atoms with van der Waals surface area (Å²) in [4.78, 5) is 42.1. The Bertz CT molecular complexity index is 1100. The third-order valence-corrected chi connectivity index (χ3v) is 5.41. The van der Waals surface area contributed by atoms with Gasteiger partial charge in [0.15, 0.2) is 0 Å². The lowest BCUT2D eigenvalue weighted by atomic mass is 10.0. The summed E-state index contributed by atoms with van der Waals surface area (Å²) in [5.74, 6) is -1.46. The highest BCUT2D eigenvalue weighted by molar-refractivity contribution is 6.45. The summed E-state index contributed by atoms with van der Waals surface area (Å²) in [7, 11) is 0. The largest absolute Gasteiger partial charge is 0.349 e. The van der Waals surface area contributed by atoms with Crippen molar-refractivity contribution < 1.29 is 19.2 Å². The first-order chi connectivity index (χ1) is 15.1. The SMILES string of the molecule is O=C(CCCNC(=O)C(=O)c1cn2c3c(cccc13)CCC2)NOCc1ccccc1. The van der Waals surface area contributed by atoms with Crippen molar-refractivity contribution in [3.63, 3.8) is 0 Å². The molecule has 7 nitrogen and oxygen atoms in total. The minimum Gasteiger partial charge on any atom is -0.349 e. The van der Waals surface area contributed by atoms with Crippen molar-refractivity contribution in [1.29, 1.82) is 0 Å². The van der Waals surface area contributed by atoms with Crippen molar-refractivity contribution in [1.82, 2.24) is 15.4 Å². The number of aryl methyl sites for hydroxylation is 2. The molecule has 2 heterocycles. The number of nitrogens with one attached hydrogen (secondary N) is 2. The second kappa shape index (κ2) is 9.57. The normalized spacial score (nSPS) is 12.5. The van der Waals surface area contributed by atoms with Crippen LogP contribution in [0.15, 0.2) is 54.7 Å². The minimum atomic E-state index is -0.649.